The van der Waals surface area contributed by atoms with E-state index in [-0.39, 0.29) is 29.7 Å². The van der Waals surface area contributed by atoms with E-state index in [1.807, 2.05) is 18.4 Å². The number of carbonyl (C=O) groups excluding carboxylic acids is 1. The number of carbonyl (C=O) groups is 1. The van der Waals surface area contributed by atoms with Gasteiger partial charge in [-0.25, -0.2) is 0 Å². The number of methoxy groups -OCH3 is 1. The molecule has 1 saturated heterocycles. The van der Waals surface area contributed by atoms with Crippen LogP contribution in [0.2, 0.25) is 0 Å². The van der Waals surface area contributed by atoms with E-state index in [1.54, 1.807) is 12.3 Å². The molecule has 2 heterocycles. The number of pyridine rings is 1. The number of amides is 1. The lowest BCUT2D eigenvalue weighted by atomic mass is 9.89. The highest BCUT2D eigenvalue weighted by Crippen LogP contribution is 2.28. The van der Waals surface area contributed by atoms with Gasteiger partial charge in [0, 0.05) is 24.3 Å². The summed E-state index contributed by atoms with van der Waals surface area (Å²) in [6.07, 6.45) is 3.84. The third-order valence-corrected chi connectivity index (χ3v) is 5.41. The molecule has 0 bridgehead atoms. The molecule has 0 aliphatic carbocycles. The van der Waals surface area contributed by atoms with Gasteiger partial charge in [-0.1, -0.05) is 30.3 Å². The number of nitrogens with one attached hydrogen (secondary N) is 1. The molecule has 0 saturated carbocycles. The third kappa shape index (κ3) is 5.70. The van der Waals surface area contributed by atoms with Gasteiger partial charge in [-0.3, -0.25) is 14.5 Å². The van der Waals surface area contributed by atoms with Gasteiger partial charge >= 0.3 is 0 Å². The lowest BCUT2D eigenvalue weighted by Crippen LogP contribution is -2.36. The lowest BCUT2D eigenvalue weighted by molar-refractivity contribution is -0.122. The van der Waals surface area contributed by atoms with Crippen LogP contribution in [0.1, 0.15) is 43.9 Å². The van der Waals surface area contributed by atoms with Crippen molar-refractivity contribution < 1.29 is 9.53 Å². The number of piperidine rings is 1. The number of ether oxygens (including phenoxy) is 1. The fraction of sp³-hybridized carbons (Fsp3) is 0.478. The number of hydrogen-bond acceptors (Lipinski definition) is 4. The molecule has 1 fully saturated rings. The summed E-state index contributed by atoms with van der Waals surface area (Å²) >= 11 is 0. The first kappa shape index (κ1) is 21.1. The van der Waals surface area contributed by atoms with E-state index in [4.69, 9.17) is 4.74 Å². The van der Waals surface area contributed by atoms with Gasteiger partial charge in [0.2, 0.25) is 11.3 Å². The Morgan fingerprint density at radius 2 is 1.90 bits per heavy atom. The maximum atomic E-state index is 12.3. The Morgan fingerprint density at radius 1 is 1.21 bits per heavy atom. The van der Waals surface area contributed by atoms with Crippen LogP contribution in [0.3, 0.4) is 0 Å². The van der Waals surface area contributed by atoms with Gasteiger partial charge in [-0.15, -0.1) is 0 Å². The van der Waals surface area contributed by atoms with Gasteiger partial charge in [0.05, 0.1) is 13.3 Å². The predicted molar refractivity (Wildman–Crippen MR) is 114 cm³/mol. The predicted octanol–water partition coefficient (Wildman–Crippen LogP) is 2.76. The SMILES string of the molecule is COc1cn(CC(=O)NC(C)C)c(CN2CCC(c3ccccc3)CC2)cc1=O. The Balaban J connectivity index is 1.70. The van der Waals surface area contributed by atoms with Crippen molar-refractivity contribution in [2.45, 2.75) is 51.7 Å². The van der Waals surface area contributed by atoms with Crippen LogP contribution in [0.4, 0.5) is 0 Å². The highest BCUT2D eigenvalue weighted by atomic mass is 16.5. The average molecular weight is 398 g/mol. The van der Waals surface area contributed by atoms with E-state index >= 15 is 0 Å². The molecule has 6 heteroatoms. The molecular weight excluding hydrogens is 366 g/mol. The Kier molecular flexibility index (Phi) is 7.09. The average Bonchev–Trinajstić information content (AvgIpc) is 2.70. The first-order valence-electron chi connectivity index (χ1n) is 10.3. The maximum absolute atomic E-state index is 12.3. The topological polar surface area (TPSA) is 63.6 Å². The van der Waals surface area contributed by atoms with Crippen molar-refractivity contribution in [1.82, 2.24) is 14.8 Å². The number of aromatic nitrogens is 1. The van der Waals surface area contributed by atoms with Gasteiger partial charge in [-0.05, 0) is 51.3 Å². The first-order valence-corrected chi connectivity index (χ1v) is 10.3. The minimum absolute atomic E-state index is 0.0734. The normalized spacial score (nSPS) is 15.4. The minimum Gasteiger partial charge on any atom is -0.491 e. The van der Waals surface area contributed by atoms with Crippen molar-refractivity contribution in [3.05, 3.63) is 64.1 Å². The van der Waals surface area contributed by atoms with E-state index < -0.39 is 0 Å². The summed E-state index contributed by atoms with van der Waals surface area (Å²) in [6.45, 7) is 6.62. The second kappa shape index (κ2) is 9.74. The van der Waals surface area contributed by atoms with E-state index in [0.717, 1.165) is 31.6 Å². The molecule has 1 aromatic heterocycles. The Hall–Kier alpha value is -2.60. The van der Waals surface area contributed by atoms with Crippen LogP contribution in [0.15, 0.2) is 47.4 Å². The van der Waals surface area contributed by atoms with Crippen molar-refractivity contribution in [3.8, 4) is 5.75 Å². The zero-order valence-corrected chi connectivity index (χ0v) is 17.6. The van der Waals surface area contributed by atoms with Crippen molar-refractivity contribution in [2.24, 2.45) is 0 Å². The Bertz CT molecular complexity index is 869. The standard InChI is InChI=1S/C23H31N3O3/c1-17(2)24-23(28)16-26-15-22(29-3)21(27)13-20(26)14-25-11-9-19(10-12-25)18-7-5-4-6-8-18/h4-8,13,15,17,19H,9-12,14,16H2,1-3H3,(H,24,28). The lowest BCUT2D eigenvalue weighted by Gasteiger charge is -2.32. The third-order valence-electron chi connectivity index (χ3n) is 5.41. The molecule has 1 N–H and O–H groups in total. The Morgan fingerprint density at radius 3 is 2.52 bits per heavy atom. The van der Waals surface area contributed by atoms with Crippen LogP contribution < -0.4 is 15.5 Å². The van der Waals surface area contributed by atoms with Crippen molar-refractivity contribution >= 4 is 5.91 Å². The van der Waals surface area contributed by atoms with Crippen LogP contribution in [0.25, 0.3) is 0 Å². The molecule has 0 spiro atoms. The van der Waals surface area contributed by atoms with E-state index in [1.165, 1.54) is 12.7 Å². The van der Waals surface area contributed by atoms with Crippen molar-refractivity contribution in [3.63, 3.8) is 0 Å². The zero-order chi connectivity index (χ0) is 20.8. The Labute approximate surface area is 172 Å². The summed E-state index contributed by atoms with van der Waals surface area (Å²) in [4.78, 5) is 27.0. The molecular formula is C23H31N3O3. The van der Waals surface area contributed by atoms with Gasteiger partial charge in [0.15, 0.2) is 5.75 Å². The number of likely N-dealkylation sites (tertiary alicyclic amines) is 1. The van der Waals surface area contributed by atoms with Gasteiger partial charge < -0.3 is 14.6 Å². The van der Waals surface area contributed by atoms with E-state index in [0.29, 0.717) is 12.5 Å². The van der Waals surface area contributed by atoms with Crippen molar-refractivity contribution in [2.75, 3.05) is 20.2 Å². The maximum Gasteiger partial charge on any atom is 0.240 e. The van der Waals surface area contributed by atoms with Crippen LogP contribution in [-0.2, 0) is 17.9 Å². The summed E-state index contributed by atoms with van der Waals surface area (Å²) < 4.78 is 7.01. The van der Waals surface area contributed by atoms with Gasteiger partial charge in [0.1, 0.15) is 6.54 Å². The molecule has 1 aliphatic heterocycles. The molecule has 6 nitrogen and oxygen atoms in total. The smallest absolute Gasteiger partial charge is 0.240 e. The van der Waals surface area contributed by atoms with E-state index in [9.17, 15) is 9.59 Å². The summed E-state index contributed by atoms with van der Waals surface area (Å²) in [5, 5.41) is 2.91. The molecule has 0 unspecified atom stereocenters. The van der Waals surface area contributed by atoms with Crippen LogP contribution in [0, 0.1) is 0 Å². The molecule has 156 valence electrons. The summed E-state index contributed by atoms with van der Waals surface area (Å²) in [7, 11) is 1.48. The summed E-state index contributed by atoms with van der Waals surface area (Å²) in [5.74, 6) is 0.769. The minimum atomic E-state index is -0.151. The molecule has 3 rings (SSSR count). The summed E-state index contributed by atoms with van der Waals surface area (Å²) in [5.41, 5.74) is 2.09. The van der Waals surface area contributed by atoms with Crippen LogP contribution >= 0.6 is 0 Å². The molecule has 2 aromatic rings. The second-order valence-electron chi connectivity index (χ2n) is 8.01. The molecule has 0 atom stereocenters. The fourth-order valence-corrected chi connectivity index (χ4v) is 3.93. The van der Waals surface area contributed by atoms with Crippen LogP contribution in [0.5, 0.6) is 5.75 Å². The number of benzene rings is 1. The monoisotopic (exact) mass is 397 g/mol. The van der Waals surface area contributed by atoms with Crippen molar-refractivity contribution in [1.29, 1.82) is 0 Å². The number of nitrogens with zero attached hydrogens (tertiary/aromatic N) is 2. The number of rotatable bonds is 7. The molecule has 1 aliphatic rings. The molecule has 29 heavy (non-hydrogen) atoms. The quantitative estimate of drug-likeness (QED) is 0.780. The highest BCUT2D eigenvalue weighted by molar-refractivity contribution is 5.76. The summed E-state index contributed by atoms with van der Waals surface area (Å²) in [6, 6.07) is 12.3. The van der Waals surface area contributed by atoms with Gasteiger partial charge in [-0.2, -0.15) is 0 Å². The van der Waals surface area contributed by atoms with Gasteiger partial charge in [0.25, 0.3) is 0 Å². The van der Waals surface area contributed by atoms with E-state index in [2.05, 4.69) is 40.5 Å². The molecule has 1 amide bonds. The largest absolute Gasteiger partial charge is 0.491 e. The highest BCUT2D eigenvalue weighted by Gasteiger charge is 2.22. The number of hydrogen-bond donors (Lipinski definition) is 1. The second-order valence-corrected chi connectivity index (χ2v) is 8.01. The zero-order valence-electron chi connectivity index (χ0n) is 17.6. The fourth-order valence-electron chi connectivity index (χ4n) is 3.93. The van der Waals surface area contributed by atoms with Crippen LogP contribution in [-0.4, -0.2) is 41.6 Å². The molecule has 0 radical (unpaired) electrons. The first-order chi connectivity index (χ1) is 14.0. The molecule has 1 aromatic carbocycles.